The van der Waals surface area contributed by atoms with Crippen molar-refractivity contribution >= 4 is 0 Å². The van der Waals surface area contributed by atoms with Crippen molar-refractivity contribution in [3.63, 3.8) is 0 Å². The Morgan fingerprint density at radius 1 is 0.828 bits per heavy atom. The van der Waals surface area contributed by atoms with E-state index in [9.17, 15) is 5.11 Å². The van der Waals surface area contributed by atoms with E-state index >= 15 is 0 Å². The van der Waals surface area contributed by atoms with Crippen molar-refractivity contribution in [1.29, 1.82) is 0 Å². The zero-order valence-corrected chi connectivity index (χ0v) is 16.5. The number of ether oxygens (including phenoxy) is 3. The molecule has 0 bridgehead atoms. The van der Waals surface area contributed by atoms with Gasteiger partial charge < -0.3 is 19.3 Å². The molecule has 1 fully saturated rings. The molecule has 3 aromatic rings. The summed E-state index contributed by atoms with van der Waals surface area (Å²) >= 11 is 0. The van der Waals surface area contributed by atoms with Gasteiger partial charge in [0.15, 0.2) is 6.29 Å². The Kier molecular flexibility index (Phi) is 6.07. The van der Waals surface area contributed by atoms with E-state index in [4.69, 9.17) is 14.2 Å². The molecule has 0 spiro atoms. The van der Waals surface area contributed by atoms with Crippen LogP contribution in [0.25, 0.3) is 0 Å². The van der Waals surface area contributed by atoms with Gasteiger partial charge in [0, 0.05) is 0 Å². The largest absolute Gasteiger partial charge is 0.388 e. The van der Waals surface area contributed by atoms with E-state index in [-0.39, 0.29) is 19.5 Å². The minimum Gasteiger partial charge on any atom is -0.388 e. The summed E-state index contributed by atoms with van der Waals surface area (Å²) in [7, 11) is 0. The highest BCUT2D eigenvalue weighted by atomic mass is 16.7. The monoisotopic (exact) mass is 390 g/mol. The maximum atomic E-state index is 10.4. The quantitative estimate of drug-likeness (QED) is 0.644. The third-order valence-corrected chi connectivity index (χ3v) is 5.30. The number of hydrogen-bond donors (Lipinski definition) is 1. The molecule has 1 aliphatic heterocycles. The minimum atomic E-state index is -0.825. The molecule has 4 heteroatoms. The van der Waals surface area contributed by atoms with Crippen molar-refractivity contribution in [1.82, 2.24) is 0 Å². The van der Waals surface area contributed by atoms with E-state index in [1.54, 1.807) is 0 Å². The minimum absolute atomic E-state index is 0.230. The van der Waals surface area contributed by atoms with Gasteiger partial charge >= 0.3 is 0 Å². The molecule has 1 N–H and O–H groups in total. The lowest BCUT2D eigenvalue weighted by molar-refractivity contribution is -0.258. The van der Waals surface area contributed by atoms with Crippen molar-refractivity contribution in [2.24, 2.45) is 0 Å². The van der Waals surface area contributed by atoms with Gasteiger partial charge in [0.05, 0.1) is 13.2 Å². The Morgan fingerprint density at radius 2 is 1.28 bits per heavy atom. The summed E-state index contributed by atoms with van der Waals surface area (Å²) in [5.74, 6) is 0. The van der Waals surface area contributed by atoms with Gasteiger partial charge in [-0.25, -0.2) is 0 Å². The number of hydrogen-bond acceptors (Lipinski definition) is 4. The van der Waals surface area contributed by atoms with E-state index in [2.05, 4.69) is 36.4 Å². The average molecular weight is 390 g/mol. The molecule has 150 valence electrons. The molecule has 4 rings (SSSR count). The summed E-state index contributed by atoms with van der Waals surface area (Å²) in [4.78, 5) is 0. The van der Waals surface area contributed by atoms with Crippen LogP contribution >= 0.6 is 0 Å². The highest BCUT2D eigenvalue weighted by molar-refractivity contribution is 5.47. The molecule has 29 heavy (non-hydrogen) atoms. The second kappa shape index (κ2) is 8.89. The van der Waals surface area contributed by atoms with Crippen molar-refractivity contribution in [2.75, 3.05) is 13.2 Å². The van der Waals surface area contributed by atoms with Gasteiger partial charge in [0.1, 0.15) is 17.8 Å². The van der Waals surface area contributed by atoms with E-state index in [0.29, 0.717) is 0 Å². The standard InChI is InChI=1S/C25H26O4/c1-19-27-17-23(26)24(29-19)18-28-25(20-11-5-2-6-12-20,21-13-7-3-8-14-21)22-15-9-4-10-16-22/h2-16,19,23-24,26H,17-18H2,1H3/t19-,23+,24+/m0/s1. The van der Waals surface area contributed by atoms with Crippen LogP contribution in [0.15, 0.2) is 91.0 Å². The van der Waals surface area contributed by atoms with Crippen molar-refractivity contribution in [3.8, 4) is 0 Å². The third kappa shape index (κ3) is 4.11. The van der Waals surface area contributed by atoms with E-state index in [1.807, 2.05) is 61.5 Å². The maximum absolute atomic E-state index is 10.4. The summed E-state index contributed by atoms with van der Waals surface area (Å²) in [6.45, 7) is 2.30. The molecule has 0 unspecified atom stereocenters. The molecule has 0 radical (unpaired) electrons. The van der Waals surface area contributed by atoms with Crippen LogP contribution in [0.1, 0.15) is 23.6 Å². The van der Waals surface area contributed by atoms with E-state index < -0.39 is 17.8 Å². The second-order valence-electron chi connectivity index (χ2n) is 7.23. The Labute approximate surface area is 171 Å². The lowest BCUT2D eigenvalue weighted by atomic mass is 9.80. The summed E-state index contributed by atoms with van der Waals surface area (Å²) in [5, 5.41) is 10.4. The Bertz CT molecular complexity index is 786. The molecule has 1 saturated heterocycles. The molecule has 0 aromatic heterocycles. The fourth-order valence-electron chi connectivity index (χ4n) is 3.84. The van der Waals surface area contributed by atoms with Gasteiger partial charge in [-0.2, -0.15) is 0 Å². The van der Waals surface area contributed by atoms with Gasteiger partial charge in [0.2, 0.25) is 0 Å². The van der Waals surface area contributed by atoms with Crippen molar-refractivity contribution in [3.05, 3.63) is 108 Å². The normalized spacial score (nSPS) is 22.3. The first-order valence-electron chi connectivity index (χ1n) is 9.96. The molecule has 3 atom stereocenters. The first kappa shape index (κ1) is 19.8. The highest BCUT2D eigenvalue weighted by Crippen LogP contribution is 2.40. The molecule has 1 aliphatic rings. The van der Waals surface area contributed by atoms with Gasteiger partial charge in [-0.15, -0.1) is 0 Å². The fourth-order valence-corrected chi connectivity index (χ4v) is 3.84. The molecular weight excluding hydrogens is 364 g/mol. The predicted octanol–water partition coefficient (Wildman–Crippen LogP) is 4.12. The summed E-state index contributed by atoms with van der Waals surface area (Å²) in [6, 6.07) is 30.5. The highest BCUT2D eigenvalue weighted by Gasteiger charge is 2.39. The second-order valence-corrected chi connectivity index (χ2v) is 7.23. The first-order valence-corrected chi connectivity index (χ1v) is 9.96. The van der Waals surface area contributed by atoms with Crippen LogP contribution in [0.5, 0.6) is 0 Å². The van der Waals surface area contributed by atoms with Crippen LogP contribution in [0.3, 0.4) is 0 Å². The van der Waals surface area contributed by atoms with Gasteiger partial charge in [-0.3, -0.25) is 0 Å². The van der Waals surface area contributed by atoms with Crippen LogP contribution in [-0.2, 0) is 19.8 Å². The van der Waals surface area contributed by atoms with Gasteiger partial charge in [-0.05, 0) is 23.6 Å². The van der Waals surface area contributed by atoms with E-state index in [0.717, 1.165) is 16.7 Å². The average Bonchev–Trinajstić information content (AvgIpc) is 2.79. The van der Waals surface area contributed by atoms with E-state index in [1.165, 1.54) is 0 Å². The molecule has 3 aromatic carbocycles. The number of benzene rings is 3. The molecule has 4 nitrogen and oxygen atoms in total. The van der Waals surface area contributed by atoms with Crippen LogP contribution in [-0.4, -0.2) is 36.8 Å². The first-order chi connectivity index (χ1) is 14.2. The van der Waals surface area contributed by atoms with Crippen LogP contribution in [0.2, 0.25) is 0 Å². The van der Waals surface area contributed by atoms with Crippen molar-refractivity contribution < 1.29 is 19.3 Å². The van der Waals surface area contributed by atoms with Crippen LogP contribution < -0.4 is 0 Å². The topological polar surface area (TPSA) is 47.9 Å². The molecule has 0 amide bonds. The van der Waals surface area contributed by atoms with Crippen LogP contribution in [0.4, 0.5) is 0 Å². The predicted molar refractivity (Wildman–Crippen MR) is 111 cm³/mol. The molecule has 0 saturated carbocycles. The Balaban J connectivity index is 1.79. The lowest BCUT2D eigenvalue weighted by Crippen LogP contribution is -2.47. The van der Waals surface area contributed by atoms with Gasteiger partial charge in [0.25, 0.3) is 0 Å². The van der Waals surface area contributed by atoms with Crippen molar-refractivity contribution in [2.45, 2.75) is 31.0 Å². The zero-order chi connectivity index (χ0) is 20.1. The SMILES string of the molecule is C[C@H]1OC[C@@H](O)[C@@H](COC(c2ccccc2)(c2ccccc2)c2ccccc2)O1. The number of aliphatic hydroxyl groups excluding tert-OH is 1. The lowest BCUT2D eigenvalue weighted by Gasteiger charge is -2.39. The summed E-state index contributed by atoms with van der Waals surface area (Å²) < 4.78 is 17.9. The molecule has 1 heterocycles. The molecule has 0 aliphatic carbocycles. The number of rotatable bonds is 6. The Morgan fingerprint density at radius 3 is 1.72 bits per heavy atom. The fraction of sp³-hybridized carbons (Fsp3) is 0.280. The zero-order valence-electron chi connectivity index (χ0n) is 16.5. The van der Waals surface area contributed by atoms with Gasteiger partial charge in [-0.1, -0.05) is 91.0 Å². The third-order valence-electron chi connectivity index (χ3n) is 5.30. The molecular formula is C25H26O4. The smallest absolute Gasteiger partial charge is 0.155 e. The number of aliphatic hydroxyl groups is 1. The van der Waals surface area contributed by atoms with Crippen LogP contribution in [0, 0.1) is 0 Å². The summed E-state index contributed by atoms with van der Waals surface area (Å²) in [5.41, 5.74) is 2.24. The maximum Gasteiger partial charge on any atom is 0.155 e. The Hall–Kier alpha value is -2.50. The summed E-state index contributed by atoms with van der Waals surface area (Å²) in [6.07, 6.45) is -1.56.